The summed E-state index contributed by atoms with van der Waals surface area (Å²) in [6, 6.07) is 14.1. The fourth-order valence-corrected chi connectivity index (χ4v) is 2.97. The average molecular weight is 340 g/mol. The van der Waals surface area contributed by atoms with Crippen molar-refractivity contribution in [3.05, 3.63) is 42.5 Å². The number of nitrogens with zero attached hydrogens (tertiary/aromatic N) is 2. The summed E-state index contributed by atoms with van der Waals surface area (Å²) in [5.74, 6) is 0.0169. The van der Waals surface area contributed by atoms with Crippen LogP contribution >= 0.6 is 11.8 Å². The van der Waals surface area contributed by atoms with E-state index in [2.05, 4.69) is 15.3 Å². The Bertz CT molecular complexity index is 891. The highest BCUT2D eigenvalue weighted by atomic mass is 32.2. The topological polar surface area (TPSA) is 133 Å². The first-order valence-corrected chi connectivity index (χ1v) is 8.11. The lowest BCUT2D eigenvalue weighted by atomic mass is 10.1. The lowest BCUT2D eigenvalue weighted by Gasteiger charge is -2.10. The number of anilines is 4. The minimum Gasteiger partial charge on any atom is -0.382 e. The van der Waals surface area contributed by atoms with Gasteiger partial charge in [0, 0.05) is 4.90 Å². The van der Waals surface area contributed by atoms with Crippen molar-refractivity contribution in [2.75, 3.05) is 28.3 Å². The molecular weight excluding hydrogens is 324 g/mol. The number of nitrogens with two attached hydrogens (primary N) is 3. The normalized spacial score (nSPS) is 10.7. The van der Waals surface area contributed by atoms with Gasteiger partial charge in [0.15, 0.2) is 11.6 Å². The number of hydrogen-bond donors (Lipinski definition) is 4. The molecule has 0 aliphatic heterocycles. The number of hydrogen-bond acceptors (Lipinski definition) is 7. The van der Waals surface area contributed by atoms with Gasteiger partial charge in [0.1, 0.15) is 5.69 Å². The molecule has 0 aliphatic carbocycles. The Morgan fingerprint density at radius 2 is 1.67 bits per heavy atom. The van der Waals surface area contributed by atoms with Crippen molar-refractivity contribution in [3.63, 3.8) is 0 Å². The van der Waals surface area contributed by atoms with Crippen LogP contribution in [-0.4, -0.2) is 21.6 Å². The molecule has 1 aromatic heterocycles. The Morgan fingerprint density at radius 3 is 2.38 bits per heavy atom. The molecule has 3 aromatic rings. The second-order valence-corrected chi connectivity index (χ2v) is 6.12. The Kier molecular flexibility index (Phi) is 4.39. The van der Waals surface area contributed by atoms with E-state index < -0.39 is 0 Å². The zero-order chi connectivity index (χ0) is 17.1. The van der Waals surface area contributed by atoms with E-state index in [0.717, 1.165) is 15.7 Å². The SMILES string of the molecule is Nc1nc(N)c(NC(=O)CSc2ccc3ccccc3c2)c(N)n1. The van der Waals surface area contributed by atoms with Gasteiger partial charge in [-0.05, 0) is 22.9 Å². The molecule has 2 aromatic carbocycles. The highest BCUT2D eigenvalue weighted by Gasteiger charge is 2.12. The summed E-state index contributed by atoms with van der Waals surface area (Å²) >= 11 is 1.42. The number of benzene rings is 2. The van der Waals surface area contributed by atoms with Crippen LogP contribution in [0.4, 0.5) is 23.3 Å². The van der Waals surface area contributed by atoms with Gasteiger partial charge in [-0.15, -0.1) is 11.8 Å². The Hall–Kier alpha value is -3.00. The number of amides is 1. The Morgan fingerprint density at radius 1 is 1.00 bits per heavy atom. The van der Waals surface area contributed by atoms with Crippen LogP contribution in [0.25, 0.3) is 10.8 Å². The van der Waals surface area contributed by atoms with Gasteiger partial charge in [-0.3, -0.25) is 4.79 Å². The zero-order valence-electron chi connectivity index (χ0n) is 12.7. The molecule has 122 valence electrons. The first-order chi connectivity index (χ1) is 11.5. The van der Waals surface area contributed by atoms with E-state index in [1.54, 1.807) is 0 Å². The monoisotopic (exact) mass is 340 g/mol. The van der Waals surface area contributed by atoms with Crippen molar-refractivity contribution in [2.45, 2.75) is 4.90 Å². The lowest BCUT2D eigenvalue weighted by Crippen LogP contribution is -2.18. The van der Waals surface area contributed by atoms with Gasteiger partial charge in [-0.1, -0.05) is 30.3 Å². The molecule has 0 fully saturated rings. The number of nitrogens with one attached hydrogen (secondary N) is 1. The lowest BCUT2D eigenvalue weighted by molar-refractivity contribution is -0.113. The molecule has 7 N–H and O–H groups in total. The summed E-state index contributed by atoms with van der Waals surface area (Å²) < 4.78 is 0. The molecule has 0 bridgehead atoms. The van der Waals surface area contributed by atoms with Gasteiger partial charge >= 0.3 is 0 Å². The zero-order valence-corrected chi connectivity index (χ0v) is 13.5. The summed E-state index contributed by atoms with van der Waals surface area (Å²) in [4.78, 5) is 20.7. The summed E-state index contributed by atoms with van der Waals surface area (Å²) in [6.07, 6.45) is 0. The molecule has 0 atom stereocenters. The van der Waals surface area contributed by atoms with Crippen molar-refractivity contribution >= 4 is 51.7 Å². The molecule has 0 aliphatic rings. The van der Waals surface area contributed by atoms with Crippen LogP contribution in [0.3, 0.4) is 0 Å². The third kappa shape index (κ3) is 3.49. The van der Waals surface area contributed by atoms with Crippen LogP contribution in [0, 0.1) is 0 Å². The van der Waals surface area contributed by atoms with E-state index in [9.17, 15) is 4.79 Å². The first-order valence-electron chi connectivity index (χ1n) is 7.13. The molecular formula is C16H16N6OS. The van der Waals surface area contributed by atoms with Gasteiger partial charge in [-0.25, -0.2) is 0 Å². The maximum Gasteiger partial charge on any atom is 0.234 e. The van der Waals surface area contributed by atoms with E-state index in [1.165, 1.54) is 11.8 Å². The summed E-state index contributed by atoms with van der Waals surface area (Å²) in [7, 11) is 0. The fourth-order valence-electron chi connectivity index (χ4n) is 2.22. The van der Waals surface area contributed by atoms with Gasteiger partial charge in [0.25, 0.3) is 0 Å². The number of rotatable bonds is 4. The average Bonchev–Trinajstić information content (AvgIpc) is 2.56. The number of fused-ring (bicyclic) bond motifs is 1. The minimum atomic E-state index is -0.250. The van der Waals surface area contributed by atoms with Crippen molar-refractivity contribution in [3.8, 4) is 0 Å². The quantitative estimate of drug-likeness (QED) is 0.534. The molecule has 7 nitrogen and oxygen atoms in total. The van der Waals surface area contributed by atoms with Crippen LogP contribution < -0.4 is 22.5 Å². The van der Waals surface area contributed by atoms with Crippen molar-refractivity contribution in [2.24, 2.45) is 0 Å². The van der Waals surface area contributed by atoms with Crippen LogP contribution in [0.1, 0.15) is 0 Å². The van der Waals surface area contributed by atoms with Gasteiger partial charge in [0.05, 0.1) is 5.75 Å². The highest BCUT2D eigenvalue weighted by molar-refractivity contribution is 8.00. The number of aromatic nitrogens is 2. The third-order valence-electron chi connectivity index (χ3n) is 3.34. The molecule has 24 heavy (non-hydrogen) atoms. The standard InChI is InChI=1S/C16H16N6OS/c17-14-13(15(18)22-16(19)21-14)20-12(23)8-24-11-6-5-9-3-1-2-4-10(9)7-11/h1-7H,8H2,(H,20,23)(H6,17,18,19,21,22). The summed E-state index contributed by atoms with van der Waals surface area (Å²) in [5.41, 5.74) is 17.0. The third-order valence-corrected chi connectivity index (χ3v) is 4.33. The van der Waals surface area contributed by atoms with Crippen LogP contribution in [-0.2, 0) is 4.79 Å². The van der Waals surface area contributed by atoms with Crippen molar-refractivity contribution < 1.29 is 4.79 Å². The molecule has 0 spiro atoms. The van der Waals surface area contributed by atoms with Gasteiger partial charge in [-0.2, -0.15) is 9.97 Å². The molecule has 0 unspecified atom stereocenters. The van der Waals surface area contributed by atoms with E-state index in [4.69, 9.17) is 17.2 Å². The number of carbonyl (C=O) groups is 1. The van der Waals surface area contributed by atoms with Crippen LogP contribution in [0.15, 0.2) is 47.4 Å². The Balaban J connectivity index is 1.67. The largest absolute Gasteiger partial charge is 0.382 e. The van der Waals surface area contributed by atoms with E-state index >= 15 is 0 Å². The van der Waals surface area contributed by atoms with Crippen LogP contribution in [0.5, 0.6) is 0 Å². The van der Waals surface area contributed by atoms with Gasteiger partial charge in [0.2, 0.25) is 11.9 Å². The predicted octanol–water partition coefficient (Wildman–Crippen LogP) is 2.11. The second kappa shape index (κ2) is 6.63. The number of nitrogen functional groups attached to an aromatic ring is 3. The predicted molar refractivity (Wildman–Crippen MR) is 98.6 cm³/mol. The molecule has 0 saturated heterocycles. The molecule has 1 heterocycles. The minimum absolute atomic E-state index is 0.0338. The van der Waals surface area contributed by atoms with Crippen LogP contribution in [0.2, 0.25) is 0 Å². The number of carbonyl (C=O) groups excluding carboxylic acids is 1. The van der Waals surface area contributed by atoms with E-state index in [1.807, 2.05) is 42.5 Å². The highest BCUT2D eigenvalue weighted by Crippen LogP contribution is 2.26. The van der Waals surface area contributed by atoms with Gasteiger partial charge < -0.3 is 22.5 Å². The smallest absolute Gasteiger partial charge is 0.234 e. The molecule has 8 heteroatoms. The maximum absolute atomic E-state index is 12.1. The van der Waals surface area contributed by atoms with Crippen molar-refractivity contribution in [1.82, 2.24) is 9.97 Å². The summed E-state index contributed by atoms with van der Waals surface area (Å²) in [6.45, 7) is 0. The summed E-state index contributed by atoms with van der Waals surface area (Å²) in [5, 5.41) is 4.91. The molecule has 3 rings (SSSR count). The number of thioether (sulfide) groups is 1. The molecule has 0 saturated carbocycles. The fraction of sp³-hybridized carbons (Fsp3) is 0.0625. The molecule has 1 amide bonds. The second-order valence-electron chi connectivity index (χ2n) is 5.07. The van der Waals surface area contributed by atoms with E-state index in [0.29, 0.717) is 0 Å². The van der Waals surface area contributed by atoms with Crippen molar-refractivity contribution in [1.29, 1.82) is 0 Å². The Labute approximate surface area is 142 Å². The maximum atomic E-state index is 12.1. The first kappa shape index (κ1) is 15.9. The molecule has 0 radical (unpaired) electrons. The van der Waals surface area contributed by atoms with E-state index in [-0.39, 0.29) is 34.9 Å².